The zero-order chi connectivity index (χ0) is 14.0. The summed E-state index contributed by atoms with van der Waals surface area (Å²) >= 11 is 5.82. The minimum atomic E-state index is -0.576. The summed E-state index contributed by atoms with van der Waals surface area (Å²) < 4.78 is 0. The number of hydrogen-bond acceptors (Lipinski definition) is 4. The van der Waals surface area contributed by atoms with E-state index in [1.54, 1.807) is 4.90 Å². The van der Waals surface area contributed by atoms with E-state index in [2.05, 4.69) is 0 Å². The second kappa shape index (κ2) is 5.54. The number of benzene rings is 1. The fourth-order valence-electron chi connectivity index (χ4n) is 2.20. The number of carbonyl (C=O) groups excluding carboxylic acids is 1. The number of nitrogens with two attached hydrogens (primary N) is 1. The molecule has 1 unspecified atom stereocenters. The molecule has 2 N–H and O–H groups in total. The van der Waals surface area contributed by atoms with Crippen LogP contribution >= 0.6 is 11.6 Å². The largest absolute Gasteiger partial charge is 0.337 e. The highest BCUT2D eigenvalue weighted by molar-refractivity contribution is 6.31. The molecule has 0 bridgehead atoms. The number of halogens is 1. The van der Waals surface area contributed by atoms with Gasteiger partial charge >= 0.3 is 0 Å². The number of carbonyl (C=O) groups is 1. The maximum atomic E-state index is 12.3. The Labute approximate surface area is 115 Å². The SMILES string of the molecule is NC1CCCN(C(=O)c2cc(Cl)ccc2[N+](=O)[O-])C1. The average Bonchev–Trinajstić information content (AvgIpc) is 2.37. The molecule has 1 fully saturated rings. The zero-order valence-corrected chi connectivity index (χ0v) is 11.0. The molecular formula is C12H14ClN3O3. The van der Waals surface area contributed by atoms with Crippen molar-refractivity contribution >= 4 is 23.2 Å². The number of likely N-dealkylation sites (tertiary alicyclic amines) is 1. The molecule has 6 nitrogen and oxygen atoms in total. The lowest BCUT2D eigenvalue weighted by molar-refractivity contribution is -0.385. The van der Waals surface area contributed by atoms with Crippen LogP contribution in [0.5, 0.6) is 0 Å². The van der Waals surface area contributed by atoms with Gasteiger partial charge in [0.25, 0.3) is 11.6 Å². The number of nitro groups is 1. The highest BCUT2D eigenvalue weighted by Gasteiger charge is 2.27. The molecule has 1 atom stereocenters. The summed E-state index contributed by atoms with van der Waals surface area (Å²) in [5.74, 6) is -0.385. The third-order valence-corrected chi connectivity index (χ3v) is 3.37. The second-order valence-electron chi connectivity index (χ2n) is 4.57. The van der Waals surface area contributed by atoms with Gasteiger partial charge in [-0.05, 0) is 25.0 Å². The van der Waals surface area contributed by atoms with Crippen molar-refractivity contribution in [3.05, 3.63) is 38.9 Å². The zero-order valence-electron chi connectivity index (χ0n) is 10.2. The monoisotopic (exact) mass is 283 g/mol. The Morgan fingerprint density at radius 1 is 1.53 bits per heavy atom. The Bertz CT molecular complexity index is 521. The van der Waals surface area contributed by atoms with E-state index in [9.17, 15) is 14.9 Å². The Hall–Kier alpha value is -1.66. The topological polar surface area (TPSA) is 89.5 Å². The summed E-state index contributed by atoms with van der Waals surface area (Å²) in [7, 11) is 0. The van der Waals surface area contributed by atoms with Gasteiger partial charge in [-0.1, -0.05) is 11.6 Å². The fraction of sp³-hybridized carbons (Fsp3) is 0.417. The molecule has 0 radical (unpaired) electrons. The quantitative estimate of drug-likeness (QED) is 0.662. The minimum Gasteiger partial charge on any atom is -0.337 e. The molecule has 7 heteroatoms. The first kappa shape index (κ1) is 13.8. The fourth-order valence-corrected chi connectivity index (χ4v) is 2.38. The van der Waals surface area contributed by atoms with Crippen LogP contribution in [0.15, 0.2) is 18.2 Å². The lowest BCUT2D eigenvalue weighted by Crippen LogP contribution is -2.45. The van der Waals surface area contributed by atoms with Gasteiger partial charge in [0.15, 0.2) is 0 Å². The molecule has 1 aromatic carbocycles. The first-order valence-corrected chi connectivity index (χ1v) is 6.35. The van der Waals surface area contributed by atoms with E-state index in [1.807, 2.05) is 0 Å². The predicted molar refractivity (Wildman–Crippen MR) is 71.2 cm³/mol. The van der Waals surface area contributed by atoms with Crippen molar-refractivity contribution in [3.8, 4) is 0 Å². The van der Waals surface area contributed by atoms with Gasteiger partial charge in [0, 0.05) is 30.2 Å². The first-order chi connectivity index (χ1) is 8.99. The summed E-state index contributed by atoms with van der Waals surface area (Å²) in [5.41, 5.74) is 5.61. The third-order valence-electron chi connectivity index (χ3n) is 3.13. The molecule has 1 aliphatic heterocycles. The van der Waals surface area contributed by atoms with Crippen LogP contribution in [-0.2, 0) is 0 Å². The Morgan fingerprint density at radius 3 is 2.89 bits per heavy atom. The van der Waals surface area contributed by atoms with Gasteiger partial charge in [0.2, 0.25) is 0 Å². The molecule has 2 rings (SSSR count). The summed E-state index contributed by atoms with van der Waals surface area (Å²) in [6.07, 6.45) is 1.67. The van der Waals surface area contributed by atoms with Crippen molar-refractivity contribution in [1.82, 2.24) is 4.90 Å². The van der Waals surface area contributed by atoms with Gasteiger partial charge in [-0.25, -0.2) is 0 Å². The number of amides is 1. The van der Waals surface area contributed by atoms with Crippen LogP contribution in [0.4, 0.5) is 5.69 Å². The lowest BCUT2D eigenvalue weighted by atomic mass is 10.0. The summed E-state index contributed by atoms with van der Waals surface area (Å²) in [6, 6.07) is 3.91. The molecule has 0 spiro atoms. The second-order valence-corrected chi connectivity index (χ2v) is 5.01. The normalized spacial score (nSPS) is 19.3. The molecule has 1 aromatic rings. The molecule has 102 valence electrons. The Kier molecular flexibility index (Phi) is 4.01. The number of nitro benzene ring substituents is 1. The van der Waals surface area contributed by atoms with E-state index in [1.165, 1.54) is 18.2 Å². The molecule has 0 aromatic heterocycles. The van der Waals surface area contributed by atoms with Crippen LogP contribution in [0.3, 0.4) is 0 Å². The molecule has 19 heavy (non-hydrogen) atoms. The Morgan fingerprint density at radius 2 is 2.26 bits per heavy atom. The minimum absolute atomic E-state index is 0.0200. The molecule has 0 aliphatic carbocycles. The molecule has 0 saturated carbocycles. The van der Waals surface area contributed by atoms with Gasteiger partial charge in [-0.2, -0.15) is 0 Å². The average molecular weight is 284 g/mol. The highest BCUT2D eigenvalue weighted by atomic mass is 35.5. The van der Waals surface area contributed by atoms with Crippen molar-refractivity contribution in [1.29, 1.82) is 0 Å². The van der Waals surface area contributed by atoms with Crippen LogP contribution in [0.2, 0.25) is 5.02 Å². The van der Waals surface area contributed by atoms with Crippen molar-refractivity contribution in [2.75, 3.05) is 13.1 Å². The number of hydrogen-bond donors (Lipinski definition) is 1. The molecule has 1 heterocycles. The lowest BCUT2D eigenvalue weighted by Gasteiger charge is -2.30. The number of rotatable bonds is 2. The number of piperidine rings is 1. The van der Waals surface area contributed by atoms with Gasteiger partial charge in [-0.15, -0.1) is 0 Å². The van der Waals surface area contributed by atoms with E-state index in [0.29, 0.717) is 18.1 Å². The third kappa shape index (κ3) is 3.02. The van der Waals surface area contributed by atoms with Crippen LogP contribution in [-0.4, -0.2) is 34.9 Å². The smallest absolute Gasteiger partial charge is 0.282 e. The molecular weight excluding hydrogens is 270 g/mol. The van der Waals surface area contributed by atoms with Crippen LogP contribution in [0, 0.1) is 10.1 Å². The summed E-state index contributed by atoms with van der Waals surface area (Å²) in [6.45, 7) is 0.985. The molecule has 1 aliphatic rings. The standard InChI is InChI=1S/C12H14ClN3O3/c13-8-3-4-11(16(18)19)10(6-8)12(17)15-5-1-2-9(14)7-15/h3-4,6,9H,1-2,5,7,14H2. The van der Waals surface area contributed by atoms with E-state index in [-0.39, 0.29) is 23.2 Å². The van der Waals surface area contributed by atoms with Gasteiger partial charge in [0.1, 0.15) is 5.56 Å². The maximum Gasteiger partial charge on any atom is 0.282 e. The maximum absolute atomic E-state index is 12.3. The highest BCUT2D eigenvalue weighted by Crippen LogP contribution is 2.25. The van der Waals surface area contributed by atoms with Gasteiger partial charge in [-0.3, -0.25) is 14.9 Å². The Balaban J connectivity index is 2.32. The summed E-state index contributed by atoms with van der Waals surface area (Å²) in [4.78, 5) is 24.3. The van der Waals surface area contributed by atoms with Gasteiger partial charge < -0.3 is 10.6 Å². The van der Waals surface area contributed by atoms with E-state index in [0.717, 1.165) is 12.8 Å². The van der Waals surface area contributed by atoms with E-state index < -0.39 is 4.92 Å². The summed E-state index contributed by atoms with van der Waals surface area (Å²) in [5, 5.41) is 11.3. The van der Waals surface area contributed by atoms with Crippen molar-refractivity contribution in [3.63, 3.8) is 0 Å². The van der Waals surface area contributed by atoms with E-state index >= 15 is 0 Å². The molecule has 1 saturated heterocycles. The van der Waals surface area contributed by atoms with Crippen LogP contribution in [0.1, 0.15) is 23.2 Å². The van der Waals surface area contributed by atoms with Crippen LogP contribution in [0.25, 0.3) is 0 Å². The molecule has 1 amide bonds. The van der Waals surface area contributed by atoms with Crippen molar-refractivity contribution in [2.45, 2.75) is 18.9 Å². The van der Waals surface area contributed by atoms with E-state index in [4.69, 9.17) is 17.3 Å². The van der Waals surface area contributed by atoms with Crippen molar-refractivity contribution in [2.24, 2.45) is 5.73 Å². The first-order valence-electron chi connectivity index (χ1n) is 5.98. The van der Waals surface area contributed by atoms with Crippen LogP contribution < -0.4 is 5.73 Å². The van der Waals surface area contributed by atoms with Crippen molar-refractivity contribution < 1.29 is 9.72 Å². The number of nitrogens with zero attached hydrogens (tertiary/aromatic N) is 2. The predicted octanol–water partition coefficient (Wildman–Crippen LogP) is 1.81. The van der Waals surface area contributed by atoms with Gasteiger partial charge in [0.05, 0.1) is 4.92 Å².